The molecule has 40 heavy (non-hydrogen) atoms. The van der Waals surface area contributed by atoms with Crippen molar-refractivity contribution in [1.82, 2.24) is 0 Å². The maximum atomic E-state index is 12.3. The van der Waals surface area contributed by atoms with Crippen molar-refractivity contribution in [2.45, 2.75) is 91.0 Å². The summed E-state index contributed by atoms with van der Waals surface area (Å²) in [6.45, 7) is 8.85. The predicted octanol–water partition coefficient (Wildman–Crippen LogP) is 5.83. The molecular formula is C31H41NO8. The van der Waals surface area contributed by atoms with E-state index in [1.54, 1.807) is 27.7 Å². The van der Waals surface area contributed by atoms with E-state index < -0.39 is 41.9 Å². The van der Waals surface area contributed by atoms with Gasteiger partial charge >= 0.3 is 18.0 Å². The number of methoxy groups -OCH3 is 1. The molecule has 9 heteroatoms. The van der Waals surface area contributed by atoms with E-state index in [0.717, 1.165) is 11.1 Å². The molecule has 0 aliphatic heterocycles. The van der Waals surface area contributed by atoms with Crippen LogP contribution in [0.3, 0.4) is 0 Å². The van der Waals surface area contributed by atoms with Gasteiger partial charge in [-0.05, 0) is 58.1 Å². The maximum absolute atomic E-state index is 12.3. The summed E-state index contributed by atoms with van der Waals surface area (Å²) in [5.74, 6) is -1.14. The summed E-state index contributed by atoms with van der Waals surface area (Å²) >= 11 is 0. The second kappa shape index (κ2) is 16.5. The van der Waals surface area contributed by atoms with Gasteiger partial charge in [-0.1, -0.05) is 60.7 Å². The molecule has 3 atom stereocenters. The van der Waals surface area contributed by atoms with Crippen LogP contribution in [0.2, 0.25) is 0 Å². The van der Waals surface area contributed by atoms with Gasteiger partial charge in [-0.3, -0.25) is 4.79 Å². The van der Waals surface area contributed by atoms with Crippen LogP contribution < -0.4 is 0 Å². The Morgan fingerprint density at radius 2 is 1.43 bits per heavy atom. The monoisotopic (exact) mass is 555 g/mol. The molecule has 2 aromatic rings. The fourth-order valence-corrected chi connectivity index (χ4v) is 3.95. The minimum absolute atomic E-state index is 0.0478. The van der Waals surface area contributed by atoms with Crippen LogP contribution in [0.5, 0.6) is 0 Å². The summed E-state index contributed by atoms with van der Waals surface area (Å²) in [6, 6.07) is 19.3. The maximum Gasteiger partial charge on any atom is 0.434 e. The molecule has 0 heterocycles. The quantitative estimate of drug-likeness (QED) is 0.163. The molecule has 0 fully saturated rings. The van der Waals surface area contributed by atoms with Gasteiger partial charge in [-0.15, -0.1) is 0 Å². The highest BCUT2D eigenvalue weighted by atomic mass is 16.6. The molecule has 0 aliphatic rings. The van der Waals surface area contributed by atoms with Crippen molar-refractivity contribution < 1.29 is 38.1 Å². The Hall–Kier alpha value is -3.56. The molecule has 0 aromatic heterocycles. The Balaban J connectivity index is 2.24. The fraction of sp³-hybridized carbons (Fsp3) is 0.484. The molecule has 0 saturated heterocycles. The molecule has 2 rings (SSSR count). The van der Waals surface area contributed by atoms with E-state index in [9.17, 15) is 14.4 Å². The molecule has 0 bridgehead atoms. The van der Waals surface area contributed by atoms with Crippen LogP contribution in [0.25, 0.3) is 0 Å². The molecule has 0 N–H and O–H groups in total. The summed E-state index contributed by atoms with van der Waals surface area (Å²) in [4.78, 5) is 40.3. The van der Waals surface area contributed by atoms with Gasteiger partial charge < -0.3 is 23.7 Å². The zero-order valence-corrected chi connectivity index (χ0v) is 24.3. The van der Waals surface area contributed by atoms with Crippen LogP contribution in [-0.4, -0.2) is 54.8 Å². The Morgan fingerprint density at radius 1 is 0.875 bits per heavy atom. The number of hydrogen-bond acceptors (Lipinski definition) is 8. The highest BCUT2D eigenvalue weighted by molar-refractivity contribution is 6.37. The summed E-state index contributed by atoms with van der Waals surface area (Å²) in [5, 5.41) is 0. The second-order valence-corrected chi connectivity index (χ2v) is 10.3. The Labute approximate surface area is 236 Å². The van der Waals surface area contributed by atoms with Gasteiger partial charge in [0.05, 0.1) is 26.4 Å². The van der Waals surface area contributed by atoms with Crippen LogP contribution in [0.15, 0.2) is 65.7 Å². The van der Waals surface area contributed by atoms with Crippen molar-refractivity contribution in [2.24, 2.45) is 4.99 Å². The number of nitrogens with zero attached hydrogens (tertiary/aromatic N) is 1. The highest BCUT2D eigenvalue weighted by Crippen LogP contribution is 2.22. The van der Waals surface area contributed by atoms with E-state index in [-0.39, 0.29) is 18.7 Å². The number of esters is 2. The lowest BCUT2D eigenvalue weighted by Crippen LogP contribution is -2.42. The van der Waals surface area contributed by atoms with E-state index in [4.69, 9.17) is 23.7 Å². The van der Waals surface area contributed by atoms with Crippen molar-refractivity contribution in [3.63, 3.8) is 0 Å². The van der Waals surface area contributed by atoms with Gasteiger partial charge in [0, 0.05) is 6.92 Å². The third kappa shape index (κ3) is 12.5. The zero-order chi connectivity index (χ0) is 29.5. The van der Waals surface area contributed by atoms with Crippen LogP contribution in [0.1, 0.15) is 65.0 Å². The summed E-state index contributed by atoms with van der Waals surface area (Å²) in [7, 11) is 1.23. The smallest absolute Gasteiger partial charge is 0.434 e. The van der Waals surface area contributed by atoms with Crippen molar-refractivity contribution in [3.05, 3.63) is 71.8 Å². The van der Waals surface area contributed by atoms with E-state index >= 15 is 0 Å². The number of hydrogen-bond donors (Lipinski definition) is 0. The molecule has 0 spiro atoms. The van der Waals surface area contributed by atoms with Crippen molar-refractivity contribution in [3.8, 4) is 0 Å². The highest BCUT2D eigenvalue weighted by Gasteiger charge is 2.31. The van der Waals surface area contributed by atoms with Gasteiger partial charge in [0.15, 0.2) is 0 Å². The first kappa shape index (κ1) is 32.7. The number of benzene rings is 2. The lowest BCUT2D eigenvalue weighted by Gasteiger charge is -2.31. The standard InChI is InChI=1S/C31H41NO8/c1-22(39-23(2)33)28(38-21-25-16-11-8-12-17-25)27(37-20-24-14-9-7-10-15-24)19-13-18-26(29(34)36-6)32-30(35)40-31(3,4)5/h7-12,14-17,22,27-28H,13,18-21H2,1-6H3. The number of aliphatic imine (C=N–C) groups is 1. The Bertz CT molecular complexity index is 1100. The number of ether oxygens (including phenoxy) is 5. The van der Waals surface area contributed by atoms with E-state index in [0.29, 0.717) is 19.4 Å². The number of rotatable bonds is 14. The van der Waals surface area contributed by atoms with Crippen molar-refractivity contribution >= 4 is 23.7 Å². The van der Waals surface area contributed by atoms with Gasteiger partial charge in [0.1, 0.15) is 23.5 Å². The van der Waals surface area contributed by atoms with Crippen LogP contribution >= 0.6 is 0 Å². The average Bonchev–Trinajstić information content (AvgIpc) is 2.90. The average molecular weight is 556 g/mol. The van der Waals surface area contributed by atoms with Crippen molar-refractivity contribution in [1.29, 1.82) is 0 Å². The first-order valence-electron chi connectivity index (χ1n) is 13.4. The van der Waals surface area contributed by atoms with Crippen LogP contribution in [-0.2, 0) is 46.5 Å². The summed E-state index contributed by atoms with van der Waals surface area (Å²) in [6.07, 6.45) is -1.63. The Morgan fingerprint density at radius 3 is 1.93 bits per heavy atom. The predicted molar refractivity (Wildman–Crippen MR) is 151 cm³/mol. The molecule has 218 valence electrons. The molecule has 0 saturated carbocycles. The van der Waals surface area contributed by atoms with Gasteiger partial charge in [-0.25, -0.2) is 9.59 Å². The first-order chi connectivity index (χ1) is 19.0. The largest absolute Gasteiger partial charge is 0.465 e. The lowest BCUT2D eigenvalue weighted by molar-refractivity contribution is -0.168. The molecule has 3 unspecified atom stereocenters. The van der Waals surface area contributed by atoms with Gasteiger partial charge in [0.2, 0.25) is 0 Å². The van der Waals surface area contributed by atoms with E-state index in [1.165, 1.54) is 14.0 Å². The van der Waals surface area contributed by atoms with Crippen LogP contribution in [0.4, 0.5) is 4.79 Å². The fourth-order valence-electron chi connectivity index (χ4n) is 3.95. The summed E-state index contributed by atoms with van der Waals surface area (Å²) in [5.41, 5.74) is 1.13. The van der Waals surface area contributed by atoms with Gasteiger partial charge in [-0.2, -0.15) is 4.99 Å². The minimum Gasteiger partial charge on any atom is -0.465 e. The van der Waals surface area contributed by atoms with Crippen molar-refractivity contribution in [2.75, 3.05) is 7.11 Å². The van der Waals surface area contributed by atoms with Crippen LogP contribution in [0, 0.1) is 0 Å². The SMILES string of the molecule is COC(=O)C(CCCC(OCc1ccccc1)C(OCc1ccccc1)C(C)OC(C)=O)=NC(=O)OC(C)(C)C. The van der Waals surface area contributed by atoms with E-state index in [1.807, 2.05) is 60.7 Å². The van der Waals surface area contributed by atoms with E-state index in [2.05, 4.69) is 4.99 Å². The zero-order valence-electron chi connectivity index (χ0n) is 24.3. The minimum atomic E-state index is -0.864. The molecular weight excluding hydrogens is 514 g/mol. The Kier molecular flexibility index (Phi) is 13.5. The first-order valence-corrected chi connectivity index (χ1v) is 13.4. The number of carbonyl (C=O) groups excluding carboxylic acids is 3. The number of carbonyl (C=O) groups is 3. The summed E-state index contributed by atoms with van der Waals surface area (Å²) < 4.78 is 28.2. The van der Waals surface area contributed by atoms with Gasteiger partial charge in [0.25, 0.3) is 0 Å². The number of amides is 1. The normalized spacial score (nSPS) is 14.1. The molecule has 2 aromatic carbocycles. The topological polar surface area (TPSA) is 110 Å². The lowest BCUT2D eigenvalue weighted by atomic mass is 10.0. The molecule has 9 nitrogen and oxygen atoms in total. The molecule has 0 radical (unpaired) electrons. The third-order valence-corrected chi connectivity index (χ3v) is 5.72. The third-order valence-electron chi connectivity index (χ3n) is 5.72. The molecule has 1 amide bonds. The molecule has 0 aliphatic carbocycles. The second-order valence-electron chi connectivity index (χ2n) is 10.3.